The first-order valence-electron chi connectivity index (χ1n) is 10.3. The van der Waals surface area contributed by atoms with Gasteiger partial charge in [0.1, 0.15) is 11.8 Å². The number of hydrogen-bond acceptors (Lipinski definition) is 7. The molecule has 3 rings (SSSR count). The largest absolute Gasteiger partial charge is 0.846 e. The first kappa shape index (κ1) is 23.9. The van der Waals surface area contributed by atoms with Gasteiger partial charge in [0.25, 0.3) is 0 Å². The molecule has 0 amide bonds. The van der Waals surface area contributed by atoms with E-state index in [0.29, 0.717) is 6.42 Å². The molecule has 170 valence electrons. The van der Waals surface area contributed by atoms with Crippen LogP contribution in [-0.2, 0) is 38.1 Å². The van der Waals surface area contributed by atoms with Gasteiger partial charge < -0.3 is 23.5 Å². The fourth-order valence-corrected chi connectivity index (χ4v) is 4.20. The Morgan fingerprint density at radius 3 is 2.06 bits per heavy atom. The molecular weight excluding hydrogens is 429 g/mol. The summed E-state index contributed by atoms with van der Waals surface area (Å²) < 4.78 is 32.2. The van der Waals surface area contributed by atoms with Gasteiger partial charge in [0.05, 0.1) is 25.3 Å². The Balaban J connectivity index is 1.66. The van der Waals surface area contributed by atoms with Crippen molar-refractivity contribution in [2.45, 2.75) is 39.2 Å². The van der Waals surface area contributed by atoms with Crippen LogP contribution in [0.1, 0.15) is 24.5 Å². The van der Waals surface area contributed by atoms with Gasteiger partial charge >= 0.3 is 7.60 Å². The molecule has 1 atom stereocenters. The molecule has 0 aliphatic carbocycles. The van der Waals surface area contributed by atoms with Crippen LogP contribution in [0, 0.1) is 5.41 Å². The highest BCUT2D eigenvalue weighted by atomic mass is 31.2. The molecule has 0 bridgehead atoms. The van der Waals surface area contributed by atoms with Crippen molar-refractivity contribution in [3.63, 3.8) is 0 Å². The number of benzene rings is 2. The molecule has 0 fully saturated rings. The summed E-state index contributed by atoms with van der Waals surface area (Å²) in [5, 5.41) is 19.4. The molecule has 0 aliphatic heterocycles. The van der Waals surface area contributed by atoms with Crippen LogP contribution in [-0.4, -0.2) is 22.0 Å². The summed E-state index contributed by atoms with van der Waals surface area (Å²) in [6.07, 6.45) is 1.43. The Hall–Kier alpha value is -2.77. The summed E-state index contributed by atoms with van der Waals surface area (Å²) in [7, 11) is -3.60. The normalized spacial score (nSPS) is 12.5. The topological polar surface area (TPSA) is 109 Å². The lowest BCUT2D eigenvalue weighted by atomic mass is 10.2. The number of ether oxygens (including phenoxy) is 1. The molecule has 0 radical (unpaired) electrons. The van der Waals surface area contributed by atoms with E-state index in [0.717, 1.165) is 11.1 Å². The van der Waals surface area contributed by atoms with Gasteiger partial charge in [-0.05, 0) is 23.6 Å². The van der Waals surface area contributed by atoms with Crippen LogP contribution in [0.3, 0.4) is 0 Å². The van der Waals surface area contributed by atoms with Gasteiger partial charge in [0, 0.05) is 12.7 Å². The summed E-state index contributed by atoms with van der Waals surface area (Å²) in [6.45, 7) is 2.38. The van der Waals surface area contributed by atoms with Gasteiger partial charge in [0.2, 0.25) is 0 Å². The van der Waals surface area contributed by atoms with Crippen molar-refractivity contribution in [2.24, 2.45) is 0 Å². The van der Waals surface area contributed by atoms with Crippen molar-refractivity contribution in [3.8, 4) is 6.01 Å². The van der Waals surface area contributed by atoms with Gasteiger partial charge in [-0.1, -0.05) is 67.6 Å². The molecule has 2 aromatic carbocycles. The Bertz CT molecular complexity index is 1030. The molecule has 0 aliphatic rings. The van der Waals surface area contributed by atoms with E-state index in [1.807, 2.05) is 67.6 Å². The molecule has 0 saturated carbocycles. The summed E-state index contributed by atoms with van der Waals surface area (Å²) in [4.78, 5) is 3.61. The molecule has 1 aromatic heterocycles. The third-order valence-corrected chi connectivity index (χ3v) is 6.25. The van der Waals surface area contributed by atoms with Crippen molar-refractivity contribution in [1.82, 2.24) is 9.55 Å². The van der Waals surface area contributed by atoms with E-state index >= 15 is 0 Å². The Morgan fingerprint density at radius 2 is 1.56 bits per heavy atom. The zero-order chi connectivity index (χ0) is 22.8. The SMILES string of the molecule is CC[C@H](Cn1ccc(=N)nc1[O-])OCP(=O)(OCc1ccccc1)OCc1ccccc1. The minimum absolute atomic E-state index is 0.0895. The summed E-state index contributed by atoms with van der Waals surface area (Å²) >= 11 is 0. The van der Waals surface area contributed by atoms with Crippen LogP contribution < -0.4 is 10.6 Å². The van der Waals surface area contributed by atoms with Crippen LogP contribution in [0.5, 0.6) is 6.01 Å². The van der Waals surface area contributed by atoms with E-state index in [1.165, 1.54) is 16.8 Å². The van der Waals surface area contributed by atoms with Crippen LogP contribution in [0.25, 0.3) is 0 Å². The first-order valence-corrected chi connectivity index (χ1v) is 12.1. The maximum atomic E-state index is 13.5. The lowest BCUT2D eigenvalue weighted by Gasteiger charge is -2.24. The molecule has 0 unspecified atom stereocenters. The van der Waals surface area contributed by atoms with Gasteiger partial charge in [0.15, 0.2) is 0 Å². The number of nitrogens with one attached hydrogen (secondary N) is 1. The van der Waals surface area contributed by atoms with Gasteiger partial charge in [-0.25, -0.2) is 4.98 Å². The predicted molar refractivity (Wildman–Crippen MR) is 118 cm³/mol. The van der Waals surface area contributed by atoms with Crippen molar-refractivity contribution in [2.75, 3.05) is 6.35 Å². The second-order valence-electron chi connectivity index (χ2n) is 7.20. The molecule has 8 nitrogen and oxygen atoms in total. The molecule has 1 heterocycles. The standard InChI is InChI=1S/C23H28N3O5P/c1-2-21(15-26-14-13-22(24)25-23(26)27)29-18-32(28,30-16-19-9-5-3-6-10-19)31-17-20-11-7-4-8-12-20/h3-14,21H,2,15-18H2,1H3,(H2,24,25,27)/p-1/t21-/m1/s1. The first-order chi connectivity index (χ1) is 15.5. The zero-order valence-electron chi connectivity index (χ0n) is 17.9. The summed E-state index contributed by atoms with van der Waals surface area (Å²) in [5.41, 5.74) is 1.65. The van der Waals surface area contributed by atoms with Crippen molar-refractivity contribution in [1.29, 1.82) is 5.41 Å². The van der Waals surface area contributed by atoms with E-state index in [1.54, 1.807) is 0 Å². The second kappa shape index (κ2) is 11.7. The summed E-state index contributed by atoms with van der Waals surface area (Å²) in [6, 6.07) is 19.8. The van der Waals surface area contributed by atoms with E-state index in [9.17, 15) is 9.67 Å². The lowest BCUT2D eigenvalue weighted by Crippen LogP contribution is -2.24. The van der Waals surface area contributed by atoms with Crippen molar-refractivity contribution < 1.29 is 23.5 Å². The Morgan fingerprint density at radius 1 is 1.00 bits per heavy atom. The smallest absolute Gasteiger partial charge is 0.356 e. The average Bonchev–Trinajstić information content (AvgIpc) is 2.82. The molecule has 9 heteroatoms. The molecular formula is C23H27N3O5P-. The molecule has 1 N–H and O–H groups in total. The molecule has 0 saturated heterocycles. The highest BCUT2D eigenvalue weighted by molar-refractivity contribution is 7.53. The predicted octanol–water partition coefficient (Wildman–Crippen LogP) is 3.82. The van der Waals surface area contributed by atoms with E-state index in [2.05, 4.69) is 4.98 Å². The van der Waals surface area contributed by atoms with Crippen LogP contribution in [0.2, 0.25) is 0 Å². The Kier molecular flexibility index (Phi) is 8.76. The molecule has 0 spiro atoms. The molecule has 3 aromatic rings. The van der Waals surface area contributed by atoms with E-state index < -0.39 is 19.7 Å². The van der Waals surface area contributed by atoms with E-state index in [-0.39, 0.29) is 31.6 Å². The van der Waals surface area contributed by atoms with Crippen LogP contribution in [0.15, 0.2) is 72.9 Å². The Labute approximate surface area is 187 Å². The lowest BCUT2D eigenvalue weighted by molar-refractivity contribution is -0.287. The van der Waals surface area contributed by atoms with Crippen molar-refractivity contribution in [3.05, 3.63) is 89.5 Å². The van der Waals surface area contributed by atoms with Gasteiger partial charge in [-0.3, -0.25) is 9.97 Å². The van der Waals surface area contributed by atoms with Crippen LogP contribution in [0.4, 0.5) is 0 Å². The van der Waals surface area contributed by atoms with Gasteiger partial charge in [-0.2, -0.15) is 0 Å². The number of nitrogens with zero attached hydrogens (tertiary/aromatic N) is 2. The number of hydrogen-bond donors (Lipinski definition) is 1. The number of rotatable bonds is 12. The van der Waals surface area contributed by atoms with Crippen LogP contribution >= 0.6 is 7.60 Å². The monoisotopic (exact) mass is 456 g/mol. The third-order valence-electron chi connectivity index (χ3n) is 4.74. The van der Waals surface area contributed by atoms with Gasteiger partial charge in [-0.15, -0.1) is 0 Å². The molecule has 32 heavy (non-hydrogen) atoms. The fourth-order valence-electron chi connectivity index (χ4n) is 2.89. The average molecular weight is 456 g/mol. The fraction of sp³-hybridized carbons (Fsp3) is 0.304. The summed E-state index contributed by atoms with van der Waals surface area (Å²) in [5.74, 6) is 0. The number of aromatic nitrogens is 2. The quantitative estimate of drug-likeness (QED) is 0.415. The maximum Gasteiger partial charge on any atom is 0.356 e. The van der Waals surface area contributed by atoms with Crippen molar-refractivity contribution >= 4 is 7.60 Å². The zero-order valence-corrected chi connectivity index (χ0v) is 18.8. The minimum Gasteiger partial charge on any atom is -0.846 e. The van der Waals surface area contributed by atoms with E-state index in [4.69, 9.17) is 19.2 Å². The second-order valence-corrected chi connectivity index (χ2v) is 9.20. The highest BCUT2D eigenvalue weighted by Gasteiger charge is 2.27. The third kappa shape index (κ3) is 7.43. The minimum atomic E-state index is -3.60. The maximum absolute atomic E-state index is 13.5. The highest BCUT2D eigenvalue weighted by Crippen LogP contribution is 2.50.